The monoisotopic (exact) mass is 263 g/mol. The van der Waals surface area contributed by atoms with Crippen molar-refractivity contribution in [2.45, 2.75) is 13.0 Å². The summed E-state index contributed by atoms with van der Waals surface area (Å²) < 4.78 is 28.1. The number of ether oxygens (including phenoxy) is 1. The Kier molecular flexibility index (Phi) is 5.69. The van der Waals surface area contributed by atoms with E-state index in [0.29, 0.717) is 18.8 Å². The highest BCUT2D eigenvalue weighted by Crippen LogP contribution is 2.15. The molecule has 1 aromatic carbocycles. The van der Waals surface area contributed by atoms with E-state index >= 15 is 0 Å². The molecule has 1 aromatic rings. The number of rotatable bonds is 6. The quantitative estimate of drug-likeness (QED) is 0.633. The number of hydrogen-bond donors (Lipinski definition) is 1. The molecule has 0 saturated carbocycles. The van der Waals surface area contributed by atoms with E-state index in [1.165, 1.54) is 24.3 Å². The van der Waals surface area contributed by atoms with Gasteiger partial charge in [0.1, 0.15) is 5.75 Å². The lowest BCUT2D eigenvalue weighted by atomic mass is 10.2. The van der Waals surface area contributed by atoms with Crippen molar-refractivity contribution in [3.63, 3.8) is 0 Å². The first-order chi connectivity index (χ1) is 8.13. The summed E-state index contributed by atoms with van der Waals surface area (Å²) in [6, 6.07) is 5.63. The zero-order chi connectivity index (χ0) is 12.7. The first kappa shape index (κ1) is 13.7. The van der Waals surface area contributed by atoms with Gasteiger partial charge in [-0.1, -0.05) is 6.07 Å². The predicted molar refractivity (Wildman–Crippen MR) is 60.7 cm³/mol. The van der Waals surface area contributed by atoms with E-state index in [-0.39, 0.29) is 17.2 Å². The fourth-order valence-corrected chi connectivity index (χ4v) is 1.32. The van der Waals surface area contributed by atoms with Crippen LogP contribution in [0.15, 0.2) is 24.3 Å². The van der Waals surface area contributed by atoms with Gasteiger partial charge in [-0.15, -0.1) is 11.6 Å². The molecule has 0 spiro atoms. The second kappa shape index (κ2) is 7.06. The molecule has 1 N–H and O–H groups in total. The van der Waals surface area contributed by atoms with E-state index in [0.717, 1.165) is 0 Å². The van der Waals surface area contributed by atoms with Gasteiger partial charge in [-0.3, -0.25) is 4.79 Å². The zero-order valence-corrected chi connectivity index (χ0v) is 9.71. The Morgan fingerprint density at radius 1 is 1.47 bits per heavy atom. The molecule has 0 fully saturated rings. The maximum Gasteiger partial charge on any atom is 0.387 e. The number of benzene rings is 1. The molecule has 0 atom stereocenters. The Hall–Kier alpha value is -1.36. The molecule has 6 heteroatoms. The molecule has 0 heterocycles. The first-order valence-corrected chi connectivity index (χ1v) is 5.56. The highest BCUT2D eigenvalue weighted by Gasteiger charge is 2.08. The molecule has 0 unspecified atom stereocenters. The standard InChI is InChI=1S/C11H12ClF2NO2/c12-5-2-6-15-10(16)8-3-1-4-9(7-8)17-11(13)14/h1,3-4,7,11H,2,5-6H2,(H,15,16). The average molecular weight is 264 g/mol. The van der Waals surface area contributed by atoms with Crippen molar-refractivity contribution in [2.24, 2.45) is 0 Å². The van der Waals surface area contributed by atoms with Gasteiger partial charge in [-0.2, -0.15) is 8.78 Å². The number of nitrogens with one attached hydrogen (secondary N) is 1. The molecule has 0 saturated heterocycles. The maximum atomic E-state index is 12.0. The van der Waals surface area contributed by atoms with E-state index in [4.69, 9.17) is 11.6 Å². The van der Waals surface area contributed by atoms with Gasteiger partial charge in [-0.05, 0) is 24.6 Å². The first-order valence-electron chi connectivity index (χ1n) is 5.02. The predicted octanol–water partition coefficient (Wildman–Crippen LogP) is 2.65. The third-order valence-electron chi connectivity index (χ3n) is 1.92. The number of alkyl halides is 3. The Bertz CT molecular complexity index is 374. The number of amides is 1. The summed E-state index contributed by atoms with van der Waals surface area (Å²) in [6.45, 7) is -2.45. The zero-order valence-electron chi connectivity index (χ0n) is 8.96. The molecule has 1 rings (SSSR count). The summed E-state index contributed by atoms with van der Waals surface area (Å²) in [6.07, 6.45) is 0.653. The molecule has 17 heavy (non-hydrogen) atoms. The van der Waals surface area contributed by atoms with Crippen LogP contribution in [-0.4, -0.2) is 24.9 Å². The van der Waals surface area contributed by atoms with Crippen LogP contribution in [0.2, 0.25) is 0 Å². The molecule has 0 aliphatic carbocycles. The number of halogens is 3. The van der Waals surface area contributed by atoms with Crippen LogP contribution in [0.5, 0.6) is 5.75 Å². The highest BCUT2D eigenvalue weighted by molar-refractivity contribution is 6.17. The molecule has 0 aromatic heterocycles. The van der Waals surface area contributed by atoms with Crippen LogP contribution in [0.25, 0.3) is 0 Å². The third kappa shape index (κ3) is 4.99. The van der Waals surface area contributed by atoms with Crippen LogP contribution in [0.4, 0.5) is 8.78 Å². The fourth-order valence-electron chi connectivity index (χ4n) is 1.18. The molecule has 1 amide bonds. The van der Waals surface area contributed by atoms with Gasteiger partial charge in [-0.25, -0.2) is 0 Å². The third-order valence-corrected chi connectivity index (χ3v) is 2.18. The van der Waals surface area contributed by atoms with Crippen molar-refractivity contribution in [1.82, 2.24) is 5.32 Å². The van der Waals surface area contributed by atoms with Crippen molar-refractivity contribution in [3.05, 3.63) is 29.8 Å². The van der Waals surface area contributed by atoms with E-state index in [2.05, 4.69) is 10.1 Å². The topological polar surface area (TPSA) is 38.3 Å². The van der Waals surface area contributed by atoms with Crippen LogP contribution in [-0.2, 0) is 0 Å². The van der Waals surface area contributed by atoms with Crippen molar-refractivity contribution < 1.29 is 18.3 Å². The van der Waals surface area contributed by atoms with Crippen LogP contribution in [0.3, 0.4) is 0 Å². The van der Waals surface area contributed by atoms with Gasteiger partial charge >= 0.3 is 6.61 Å². The normalized spacial score (nSPS) is 10.4. The second-order valence-corrected chi connectivity index (χ2v) is 3.58. The van der Waals surface area contributed by atoms with Crippen LogP contribution >= 0.6 is 11.6 Å². The summed E-state index contributed by atoms with van der Waals surface area (Å²) in [5.41, 5.74) is 0.276. The van der Waals surface area contributed by atoms with Crippen LogP contribution < -0.4 is 10.1 Å². The minimum absolute atomic E-state index is 0.0370. The summed E-state index contributed by atoms with van der Waals surface area (Å²) in [7, 11) is 0. The van der Waals surface area contributed by atoms with Crippen molar-refractivity contribution in [3.8, 4) is 5.75 Å². The van der Waals surface area contributed by atoms with Crippen LogP contribution in [0.1, 0.15) is 16.8 Å². The lowest BCUT2D eigenvalue weighted by Crippen LogP contribution is -2.24. The summed E-state index contributed by atoms with van der Waals surface area (Å²) in [4.78, 5) is 11.6. The van der Waals surface area contributed by atoms with E-state index in [9.17, 15) is 13.6 Å². The highest BCUT2D eigenvalue weighted by atomic mass is 35.5. The Morgan fingerprint density at radius 2 is 2.24 bits per heavy atom. The van der Waals surface area contributed by atoms with Gasteiger partial charge in [0, 0.05) is 18.0 Å². The SMILES string of the molecule is O=C(NCCCCl)c1cccc(OC(F)F)c1. The molecule has 0 bridgehead atoms. The average Bonchev–Trinajstić information content (AvgIpc) is 2.28. The van der Waals surface area contributed by atoms with Gasteiger partial charge in [0.25, 0.3) is 5.91 Å². The molecule has 0 aliphatic heterocycles. The fraction of sp³-hybridized carbons (Fsp3) is 0.364. The number of hydrogen-bond acceptors (Lipinski definition) is 2. The smallest absolute Gasteiger partial charge is 0.387 e. The Labute approximate surface area is 103 Å². The van der Waals surface area contributed by atoms with Gasteiger partial charge < -0.3 is 10.1 Å². The molecule has 94 valence electrons. The lowest BCUT2D eigenvalue weighted by Gasteiger charge is -2.07. The van der Waals surface area contributed by atoms with Crippen molar-refractivity contribution in [1.29, 1.82) is 0 Å². The Balaban J connectivity index is 2.60. The minimum Gasteiger partial charge on any atom is -0.435 e. The number of carbonyl (C=O) groups is 1. The largest absolute Gasteiger partial charge is 0.435 e. The van der Waals surface area contributed by atoms with Gasteiger partial charge in [0.15, 0.2) is 0 Å². The van der Waals surface area contributed by atoms with Gasteiger partial charge in [0.2, 0.25) is 0 Å². The van der Waals surface area contributed by atoms with Crippen molar-refractivity contribution in [2.75, 3.05) is 12.4 Å². The molecule has 0 aliphatic rings. The molecule has 3 nitrogen and oxygen atoms in total. The Morgan fingerprint density at radius 3 is 2.88 bits per heavy atom. The van der Waals surface area contributed by atoms with Crippen LogP contribution in [0, 0.1) is 0 Å². The van der Waals surface area contributed by atoms with E-state index in [1.54, 1.807) is 0 Å². The summed E-state index contributed by atoms with van der Waals surface area (Å²) in [5, 5.41) is 2.61. The second-order valence-electron chi connectivity index (χ2n) is 3.20. The number of carbonyl (C=O) groups excluding carboxylic acids is 1. The lowest BCUT2D eigenvalue weighted by molar-refractivity contribution is -0.0498. The molecule has 0 radical (unpaired) electrons. The van der Waals surface area contributed by atoms with E-state index in [1.807, 2.05) is 0 Å². The molecular weight excluding hydrogens is 252 g/mol. The minimum atomic E-state index is -2.90. The van der Waals surface area contributed by atoms with E-state index < -0.39 is 6.61 Å². The summed E-state index contributed by atoms with van der Waals surface area (Å²) >= 11 is 5.46. The van der Waals surface area contributed by atoms with Gasteiger partial charge in [0.05, 0.1) is 0 Å². The maximum absolute atomic E-state index is 12.0. The van der Waals surface area contributed by atoms with Crippen molar-refractivity contribution >= 4 is 17.5 Å². The molecular formula is C11H12ClF2NO2. The summed E-state index contributed by atoms with van der Waals surface area (Å²) in [5.74, 6) is 0.0780.